The molecule has 12 heavy (non-hydrogen) atoms. The van der Waals surface area contributed by atoms with Gasteiger partial charge in [-0.15, -0.1) is 5.48 Å². The van der Waals surface area contributed by atoms with Crippen LogP contribution >= 0.6 is 11.8 Å². The van der Waals surface area contributed by atoms with Gasteiger partial charge < -0.3 is 9.94 Å². The Hall–Kier alpha value is -0.750. The molecule has 0 aromatic carbocycles. The maximum atomic E-state index is 10.4. The minimum Gasteiger partial charge on any atom is -0.480 e. The maximum Gasteiger partial charge on any atom is 0.324 e. The van der Waals surface area contributed by atoms with E-state index < -0.39 is 12.0 Å². The quantitative estimate of drug-likeness (QED) is 0.433. The zero-order valence-corrected chi connectivity index (χ0v) is 7.47. The van der Waals surface area contributed by atoms with E-state index in [1.807, 2.05) is 6.26 Å². The van der Waals surface area contributed by atoms with Crippen molar-refractivity contribution in [3.8, 4) is 0 Å². The van der Waals surface area contributed by atoms with Crippen LogP contribution in [0.25, 0.3) is 0 Å². The van der Waals surface area contributed by atoms with Gasteiger partial charge in [0, 0.05) is 0 Å². The third-order valence-electron chi connectivity index (χ3n) is 1.17. The van der Waals surface area contributed by atoms with Crippen LogP contribution in [0.15, 0.2) is 0 Å². The van der Waals surface area contributed by atoms with Crippen LogP contribution in [0.2, 0.25) is 0 Å². The summed E-state index contributed by atoms with van der Waals surface area (Å²) in [5.74, 6) is -0.322. The molecule has 0 spiro atoms. The highest BCUT2D eigenvalue weighted by Crippen LogP contribution is 2.00. The molecule has 2 N–H and O–H groups in total. The molecular weight excluding hydrogens is 182 g/mol. The number of carboxylic acid groups (broad SMARTS) is 1. The van der Waals surface area contributed by atoms with Crippen LogP contribution in [0, 0.1) is 0 Å². The first kappa shape index (κ1) is 11.2. The highest BCUT2D eigenvalue weighted by Gasteiger charge is 2.16. The Balaban J connectivity index is 3.69. The average molecular weight is 193 g/mol. The first-order chi connectivity index (χ1) is 5.72. The molecule has 1 unspecified atom stereocenters. The van der Waals surface area contributed by atoms with Gasteiger partial charge in [-0.1, -0.05) is 0 Å². The standard InChI is InChI=1S/C6H11NO4S/c1-12-3-2-5(6(9)10)7-11-4-8/h4-5,7H,2-3H2,1H3,(H,9,10). The summed E-state index contributed by atoms with van der Waals surface area (Å²) in [5.41, 5.74) is 2.12. The number of carbonyl (C=O) groups excluding carboxylic acids is 1. The monoisotopic (exact) mass is 193 g/mol. The fourth-order valence-corrected chi connectivity index (χ4v) is 1.05. The molecule has 0 aliphatic carbocycles. The van der Waals surface area contributed by atoms with Crippen LogP contribution in [-0.2, 0) is 14.4 Å². The summed E-state index contributed by atoms with van der Waals surface area (Å²) in [7, 11) is 0. The maximum absolute atomic E-state index is 10.4. The second-order valence-electron chi connectivity index (χ2n) is 2.00. The van der Waals surface area contributed by atoms with E-state index in [1.54, 1.807) is 0 Å². The van der Waals surface area contributed by atoms with Gasteiger partial charge in [0.25, 0.3) is 0 Å². The minimum absolute atomic E-state index is 0.162. The predicted molar refractivity (Wildman–Crippen MR) is 44.7 cm³/mol. The van der Waals surface area contributed by atoms with Crippen molar-refractivity contribution < 1.29 is 19.5 Å². The number of rotatable bonds is 7. The zero-order chi connectivity index (χ0) is 9.40. The van der Waals surface area contributed by atoms with Crippen LogP contribution in [0.1, 0.15) is 6.42 Å². The van der Waals surface area contributed by atoms with Gasteiger partial charge in [0.05, 0.1) is 0 Å². The largest absolute Gasteiger partial charge is 0.480 e. The van der Waals surface area contributed by atoms with Gasteiger partial charge in [-0.3, -0.25) is 9.59 Å². The summed E-state index contributed by atoms with van der Waals surface area (Å²) in [6, 6.07) is -0.817. The van der Waals surface area contributed by atoms with Crippen LogP contribution in [0.3, 0.4) is 0 Å². The summed E-state index contributed by atoms with van der Waals surface area (Å²) < 4.78 is 0. The molecule has 0 aliphatic heterocycles. The van der Waals surface area contributed by atoms with Crippen molar-refractivity contribution in [1.29, 1.82) is 0 Å². The molecule has 6 heteroatoms. The average Bonchev–Trinajstić information content (AvgIpc) is 2.04. The molecule has 0 bridgehead atoms. The van der Waals surface area contributed by atoms with Crippen molar-refractivity contribution in [2.45, 2.75) is 12.5 Å². The summed E-state index contributed by atoms with van der Waals surface area (Å²) in [6.07, 6.45) is 2.30. The van der Waals surface area contributed by atoms with E-state index in [9.17, 15) is 9.59 Å². The molecule has 0 aromatic heterocycles. The Morgan fingerprint density at radius 1 is 1.83 bits per heavy atom. The molecule has 0 radical (unpaired) electrons. The highest BCUT2D eigenvalue weighted by atomic mass is 32.2. The van der Waals surface area contributed by atoms with E-state index in [4.69, 9.17) is 5.11 Å². The van der Waals surface area contributed by atoms with Crippen molar-refractivity contribution in [1.82, 2.24) is 5.48 Å². The summed E-state index contributed by atoms with van der Waals surface area (Å²) in [5, 5.41) is 8.56. The molecule has 0 aliphatic rings. The van der Waals surface area contributed by atoms with Crippen molar-refractivity contribution in [3.63, 3.8) is 0 Å². The van der Waals surface area contributed by atoms with Crippen LogP contribution in [-0.4, -0.2) is 35.6 Å². The lowest BCUT2D eigenvalue weighted by molar-refractivity contribution is -0.148. The number of carboxylic acids is 1. The lowest BCUT2D eigenvalue weighted by Gasteiger charge is -2.10. The molecule has 0 fully saturated rings. The van der Waals surface area contributed by atoms with E-state index in [2.05, 4.69) is 10.3 Å². The second-order valence-corrected chi connectivity index (χ2v) is 2.99. The number of hydrogen-bond donors (Lipinski definition) is 2. The topological polar surface area (TPSA) is 75.6 Å². The molecule has 0 aromatic rings. The fourth-order valence-electron chi connectivity index (χ4n) is 0.578. The molecule has 0 rings (SSSR count). The molecule has 70 valence electrons. The van der Waals surface area contributed by atoms with Crippen molar-refractivity contribution in [2.75, 3.05) is 12.0 Å². The Kier molecular flexibility index (Phi) is 6.50. The summed E-state index contributed by atoms with van der Waals surface area (Å²) in [4.78, 5) is 24.3. The van der Waals surface area contributed by atoms with Gasteiger partial charge in [0.1, 0.15) is 6.04 Å². The molecule has 0 amide bonds. The highest BCUT2D eigenvalue weighted by molar-refractivity contribution is 7.98. The van der Waals surface area contributed by atoms with Gasteiger partial charge >= 0.3 is 12.4 Å². The molecule has 5 nitrogen and oxygen atoms in total. The van der Waals surface area contributed by atoms with Gasteiger partial charge in [0.2, 0.25) is 0 Å². The van der Waals surface area contributed by atoms with Crippen molar-refractivity contribution in [3.05, 3.63) is 0 Å². The van der Waals surface area contributed by atoms with Gasteiger partial charge in [0.15, 0.2) is 0 Å². The normalized spacial score (nSPS) is 12.1. The van der Waals surface area contributed by atoms with Gasteiger partial charge in [-0.05, 0) is 18.4 Å². The van der Waals surface area contributed by atoms with Crippen molar-refractivity contribution in [2.24, 2.45) is 0 Å². The number of aliphatic carboxylic acids is 1. The molecule has 1 atom stereocenters. The molecule has 0 saturated heterocycles. The summed E-state index contributed by atoms with van der Waals surface area (Å²) >= 11 is 1.53. The Bertz CT molecular complexity index is 152. The lowest BCUT2D eigenvalue weighted by Crippen LogP contribution is -2.36. The van der Waals surface area contributed by atoms with Gasteiger partial charge in [-0.25, -0.2) is 0 Å². The third kappa shape index (κ3) is 4.97. The third-order valence-corrected chi connectivity index (χ3v) is 1.81. The van der Waals surface area contributed by atoms with E-state index in [1.165, 1.54) is 11.8 Å². The number of hydroxylamine groups is 1. The fraction of sp³-hybridized carbons (Fsp3) is 0.667. The SMILES string of the molecule is CSCCC(NOC=O)C(=O)O. The number of thioether (sulfide) groups is 1. The number of nitrogens with one attached hydrogen (secondary N) is 1. The van der Waals surface area contributed by atoms with Gasteiger partial charge in [-0.2, -0.15) is 11.8 Å². The van der Waals surface area contributed by atoms with Crippen LogP contribution in [0.4, 0.5) is 0 Å². The Morgan fingerprint density at radius 2 is 2.50 bits per heavy atom. The minimum atomic E-state index is -1.02. The van der Waals surface area contributed by atoms with Crippen LogP contribution < -0.4 is 5.48 Å². The lowest BCUT2D eigenvalue weighted by atomic mass is 10.2. The molecule has 0 saturated carbocycles. The number of carbonyl (C=O) groups is 2. The van der Waals surface area contributed by atoms with E-state index >= 15 is 0 Å². The smallest absolute Gasteiger partial charge is 0.324 e. The molecular formula is C6H11NO4S. The zero-order valence-electron chi connectivity index (χ0n) is 6.65. The first-order valence-corrected chi connectivity index (χ1v) is 4.68. The second kappa shape index (κ2) is 6.93. The Morgan fingerprint density at radius 3 is 2.92 bits per heavy atom. The Labute approximate surface area is 74.4 Å². The van der Waals surface area contributed by atoms with E-state index in [0.717, 1.165) is 0 Å². The van der Waals surface area contributed by atoms with Crippen LogP contribution in [0.5, 0.6) is 0 Å². The van der Waals surface area contributed by atoms with Crippen molar-refractivity contribution >= 4 is 24.2 Å². The predicted octanol–water partition coefficient (Wildman–Crippen LogP) is -0.130. The van der Waals surface area contributed by atoms with E-state index in [0.29, 0.717) is 12.2 Å². The summed E-state index contributed by atoms with van der Waals surface area (Å²) in [6.45, 7) is 0.162. The first-order valence-electron chi connectivity index (χ1n) is 3.29. The number of hydrogen-bond acceptors (Lipinski definition) is 5. The van der Waals surface area contributed by atoms with E-state index in [-0.39, 0.29) is 6.47 Å². The molecule has 0 heterocycles.